The molecule has 2 unspecified atom stereocenters. The average molecular weight is 278 g/mol. The molecule has 1 aliphatic carbocycles. The number of fused-ring (bicyclic) bond motifs is 1. The molecule has 2 atom stereocenters. The van der Waals surface area contributed by atoms with Gasteiger partial charge in [0.1, 0.15) is 0 Å². The highest BCUT2D eigenvalue weighted by atomic mass is 32.1. The molecule has 1 N–H and O–H groups in total. The molecule has 3 rings (SSSR count). The van der Waals surface area contributed by atoms with E-state index in [4.69, 9.17) is 0 Å². The van der Waals surface area contributed by atoms with Gasteiger partial charge < -0.3 is 10.2 Å². The third-order valence-electron chi connectivity index (χ3n) is 4.38. The van der Waals surface area contributed by atoms with Crippen LogP contribution in [0.4, 0.5) is 0 Å². The summed E-state index contributed by atoms with van der Waals surface area (Å²) in [6.45, 7) is 1.96. The second-order valence-corrected chi connectivity index (χ2v) is 6.76. The van der Waals surface area contributed by atoms with Gasteiger partial charge >= 0.3 is 0 Å². The van der Waals surface area contributed by atoms with E-state index in [1.165, 1.54) is 23.3 Å². The minimum absolute atomic E-state index is 0.112. The Morgan fingerprint density at radius 1 is 1.47 bits per heavy atom. The Kier molecular flexibility index (Phi) is 3.89. The average Bonchev–Trinajstić information content (AvgIpc) is 3.07. The summed E-state index contributed by atoms with van der Waals surface area (Å²) in [4.78, 5) is 16.0. The van der Waals surface area contributed by atoms with Crippen molar-refractivity contribution in [3.05, 3.63) is 21.9 Å². The Bertz CT molecular complexity index is 451. The second-order valence-electron chi connectivity index (χ2n) is 5.76. The monoisotopic (exact) mass is 278 g/mol. The van der Waals surface area contributed by atoms with Crippen LogP contribution < -0.4 is 5.32 Å². The lowest BCUT2D eigenvalue weighted by molar-refractivity contribution is -0.132. The van der Waals surface area contributed by atoms with E-state index in [0.717, 1.165) is 32.4 Å². The van der Waals surface area contributed by atoms with Crippen molar-refractivity contribution in [2.24, 2.45) is 0 Å². The molecule has 1 aromatic rings. The summed E-state index contributed by atoms with van der Waals surface area (Å²) in [6, 6.07) is 2.66. The molecule has 0 saturated carbocycles. The molecule has 4 heteroatoms. The normalized spacial score (nSPS) is 26.2. The predicted molar refractivity (Wildman–Crippen MR) is 78.7 cm³/mol. The van der Waals surface area contributed by atoms with E-state index < -0.39 is 0 Å². The Balaban J connectivity index is 1.67. The van der Waals surface area contributed by atoms with Crippen LogP contribution in [0.25, 0.3) is 0 Å². The fourth-order valence-corrected chi connectivity index (χ4v) is 4.33. The highest BCUT2D eigenvalue weighted by Gasteiger charge is 2.30. The lowest BCUT2D eigenvalue weighted by Crippen LogP contribution is -2.41. The van der Waals surface area contributed by atoms with Gasteiger partial charge in [0, 0.05) is 24.5 Å². The first-order chi connectivity index (χ1) is 9.25. The van der Waals surface area contributed by atoms with Crippen molar-refractivity contribution < 1.29 is 4.79 Å². The molecule has 1 saturated heterocycles. The first-order valence-electron chi connectivity index (χ1n) is 7.30. The van der Waals surface area contributed by atoms with Crippen molar-refractivity contribution in [2.45, 2.75) is 44.1 Å². The number of nitrogens with zero attached hydrogens (tertiary/aromatic N) is 1. The van der Waals surface area contributed by atoms with E-state index in [1.54, 1.807) is 0 Å². The van der Waals surface area contributed by atoms with Gasteiger partial charge in [-0.05, 0) is 55.7 Å². The van der Waals surface area contributed by atoms with Crippen LogP contribution in [0, 0.1) is 0 Å². The van der Waals surface area contributed by atoms with Crippen molar-refractivity contribution in [1.82, 2.24) is 10.2 Å². The fourth-order valence-electron chi connectivity index (χ4n) is 3.34. The lowest BCUT2D eigenvalue weighted by atomic mass is 9.87. The van der Waals surface area contributed by atoms with Gasteiger partial charge in [-0.1, -0.05) is 0 Å². The Labute approximate surface area is 119 Å². The highest BCUT2D eigenvalue weighted by molar-refractivity contribution is 7.10. The first kappa shape index (κ1) is 13.1. The molecule has 3 nitrogen and oxygen atoms in total. The Morgan fingerprint density at radius 3 is 3.16 bits per heavy atom. The predicted octanol–water partition coefficient (Wildman–Crippen LogP) is 2.38. The highest BCUT2D eigenvalue weighted by Crippen LogP contribution is 2.35. The zero-order valence-corrected chi connectivity index (χ0v) is 12.3. The minimum atomic E-state index is 0.112. The second kappa shape index (κ2) is 5.63. The van der Waals surface area contributed by atoms with E-state index in [9.17, 15) is 4.79 Å². The summed E-state index contributed by atoms with van der Waals surface area (Å²) in [5.41, 5.74) is 1.30. The van der Waals surface area contributed by atoms with Gasteiger partial charge in [-0.15, -0.1) is 11.3 Å². The van der Waals surface area contributed by atoms with Crippen LogP contribution >= 0.6 is 11.3 Å². The summed E-state index contributed by atoms with van der Waals surface area (Å²) in [7, 11) is 1.96. The van der Waals surface area contributed by atoms with E-state index in [1.807, 2.05) is 23.3 Å². The van der Waals surface area contributed by atoms with Crippen LogP contribution in [0.5, 0.6) is 0 Å². The molecule has 104 valence electrons. The molecule has 0 spiro atoms. The molecule has 2 heterocycles. The quantitative estimate of drug-likeness (QED) is 0.920. The lowest BCUT2D eigenvalue weighted by Gasteiger charge is -2.28. The SMILES string of the molecule is CN(CC1CCCN1)C(=O)C1CCCc2sccc21. The maximum Gasteiger partial charge on any atom is 0.229 e. The number of carbonyl (C=O) groups excluding carboxylic acids is 1. The molecule has 0 radical (unpaired) electrons. The van der Waals surface area contributed by atoms with E-state index in [2.05, 4.69) is 16.8 Å². The van der Waals surface area contributed by atoms with Gasteiger partial charge in [0.05, 0.1) is 5.92 Å². The molecule has 0 bridgehead atoms. The third-order valence-corrected chi connectivity index (χ3v) is 5.38. The summed E-state index contributed by atoms with van der Waals surface area (Å²) in [5.74, 6) is 0.425. The van der Waals surface area contributed by atoms with Crippen LogP contribution in [-0.4, -0.2) is 37.0 Å². The van der Waals surface area contributed by atoms with Crippen molar-refractivity contribution in [1.29, 1.82) is 0 Å². The number of hydrogen-bond donors (Lipinski definition) is 1. The topological polar surface area (TPSA) is 32.3 Å². The van der Waals surface area contributed by atoms with Crippen LogP contribution in [0.1, 0.15) is 42.0 Å². The summed E-state index contributed by atoms with van der Waals surface area (Å²) in [6.07, 6.45) is 5.77. The van der Waals surface area contributed by atoms with Crippen LogP contribution in [-0.2, 0) is 11.2 Å². The number of likely N-dealkylation sites (N-methyl/N-ethyl adjacent to an activating group) is 1. The number of amides is 1. The van der Waals surface area contributed by atoms with E-state index >= 15 is 0 Å². The van der Waals surface area contributed by atoms with Crippen LogP contribution in [0.2, 0.25) is 0 Å². The number of carbonyl (C=O) groups is 1. The fraction of sp³-hybridized carbons (Fsp3) is 0.667. The molecule has 0 aromatic carbocycles. The first-order valence-corrected chi connectivity index (χ1v) is 8.18. The van der Waals surface area contributed by atoms with E-state index in [-0.39, 0.29) is 5.92 Å². The van der Waals surface area contributed by atoms with Crippen LogP contribution in [0.3, 0.4) is 0 Å². The molecular formula is C15H22N2OS. The van der Waals surface area contributed by atoms with Gasteiger partial charge in [0.15, 0.2) is 0 Å². The maximum atomic E-state index is 12.6. The Hall–Kier alpha value is -0.870. The zero-order chi connectivity index (χ0) is 13.2. The number of rotatable bonds is 3. The summed E-state index contributed by atoms with van der Waals surface area (Å²) >= 11 is 1.81. The van der Waals surface area contributed by atoms with E-state index in [0.29, 0.717) is 11.9 Å². The zero-order valence-electron chi connectivity index (χ0n) is 11.5. The molecule has 1 amide bonds. The standard InChI is InChI=1S/C15H22N2OS/c1-17(10-11-4-3-8-16-11)15(18)13-5-2-6-14-12(13)7-9-19-14/h7,9,11,13,16H,2-6,8,10H2,1H3. The van der Waals surface area contributed by atoms with Gasteiger partial charge in [0.2, 0.25) is 5.91 Å². The molecule has 1 aromatic heterocycles. The summed E-state index contributed by atoms with van der Waals surface area (Å²) < 4.78 is 0. The Morgan fingerprint density at radius 2 is 2.37 bits per heavy atom. The third kappa shape index (κ3) is 2.70. The molecule has 1 aliphatic heterocycles. The molecular weight excluding hydrogens is 256 g/mol. The smallest absolute Gasteiger partial charge is 0.229 e. The largest absolute Gasteiger partial charge is 0.344 e. The van der Waals surface area contributed by atoms with Gasteiger partial charge in [0.25, 0.3) is 0 Å². The van der Waals surface area contributed by atoms with Crippen molar-refractivity contribution in [2.75, 3.05) is 20.1 Å². The van der Waals surface area contributed by atoms with Crippen LogP contribution in [0.15, 0.2) is 11.4 Å². The van der Waals surface area contributed by atoms with Crippen molar-refractivity contribution in [3.8, 4) is 0 Å². The van der Waals surface area contributed by atoms with Gasteiger partial charge in [-0.2, -0.15) is 0 Å². The van der Waals surface area contributed by atoms with Crippen molar-refractivity contribution in [3.63, 3.8) is 0 Å². The number of aryl methyl sites for hydroxylation is 1. The molecule has 19 heavy (non-hydrogen) atoms. The minimum Gasteiger partial charge on any atom is -0.344 e. The van der Waals surface area contributed by atoms with Gasteiger partial charge in [-0.3, -0.25) is 4.79 Å². The number of thiophene rings is 1. The molecule has 1 fully saturated rings. The number of hydrogen-bond acceptors (Lipinski definition) is 3. The van der Waals surface area contributed by atoms with Crippen molar-refractivity contribution >= 4 is 17.2 Å². The maximum absolute atomic E-state index is 12.6. The molecule has 2 aliphatic rings. The van der Waals surface area contributed by atoms with Gasteiger partial charge in [-0.25, -0.2) is 0 Å². The summed E-state index contributed by atoms with van der Waals surface area (Å²) in [5, 5.41) is 5.60. The number of nitrogens with one attached hydrogen (secondary N) is 1.